The number of amides is 2. The van der Waals surface area contributed by atoms with Gasteiger partial charge in [-0.3, -0.25) is 0 Å². The van der Waals surface area contributed by atoms with E-state index in [9.17, 15) is 9.59 Å². The Morgan fingerprint density at radius 2 is 2.08 bits per heavy atom. The Labute approximate surface area is 148 Å². The van der Waals surface area contributed by atoms with Crippen LogP contribution in [0.2, 0.25) is 0 Å². The number of ether oxygens (including phenoxy) is 1. The van der Waals surface area contributed by atoms with Crippen molar-refractivity contribution in [1.82, 2.24) is 10.6 Å². The lowest BCUT2D eigenvalue weighted by Crippen LogP contribution is -2.52. The molecule has 6 heteroatoms. The van der Waals surface area contributed by atoms with Gasteiger partial charge in [-0.05, 0) is 38.3 Å². The summed E-state index contributed by atoms with van der Waals surface area (Å²) in [6.45, 7) is 6.68. The summed E-state index contributed by atoms with van der Waals surface area (Å²) in [5.74, 6) is -0.364. The summed E-state index contributed by atoms with van der Waals surface area (Å²) in [6, 6.07) is 7.98. The van der Waals surface area contributed by atoms with E-state index in [4.69, 9.17) is 4.74 Å². The van der Waals surface area contributed by atoms with E-state index in [-0.39, 0.29) is 18.0 Å². The molecule has 3 rings (SSSR count). The molecule has 1 aromatic carbocycles. The van der Waals surface area contributed by atoms with Gasteiger partial charge in [-0.2, -0.15) is 0 Å². The molecule has 2 heterocycles. The number of nitrogens with one attached hydrogen (secondary N) is 2. The number of nitrogens with zero attached hydrogens (tertiary/aromatic N) is 1. The molecule has 0 saturated carbocycles. The molecular weight excluding hydrogens is 318 g/mol. The van der Waals surface area contributed by atoms with Crippen molar-refractivity contribution in [2.45, 2.75) is 45.7 Å². The predicted octanol–water partition coefficient (Wildman–Crippen LogP) is 2.35. The molecule has 2 atom stereocenters. The molecule has 25 heavy (non-hydrogen) atoms. The first-order chi connectivity index (χ1) is 12.0. The molecule has 0 saturated heterocycles. The molecule has 0 radical (unpaired) electrons. The third-order valence-electron chi connectivity index (χ3n) is 4.82. The molecule has 0 aromatic heterocycles. The van der Waals surface area contributed by atoms with Crippen molar-refractivity contribution >= 4 is 17.7 Å². The maximum Gasteiger partial charge on any atom is 0.337 e. The van der Waals surface area contributed by atoms with E-state index in [0.29, 0.717) is 36.9 Å². The van der Waals surface area contributed by atoms with Crippen molar-refractivity contribution < 1.29 is 14.3 Å². The topological polar surface area (TPSA) is 70.7 Å². The Morgan fingerprint density at radius 1 is 1.32 bits per heavy atom. The van der Waals surface area contributed by atoms with Crippen LogP contribution in [0.3, 0.4) is 0 Å². The van der Waals surface area contributed by atoms with Crippen molar-refractivity contribution in [3.05, 3.63) is 41.1 Å². The molecule has 1 aromatic rings. The zero-order chi connectivity index (χ0) is 18.0. The number of hydrogen-bond acceptors (Lipinski definition) is 4. The third kappa shape index (κ3) is 3.34. The number of benzene rings is 1. The fourth-order valence-electron chi connectivity index (χ4n) is 3.63. The van der Waals surface area contributed by atoms with Gasteiger partial charge in [0.2, 0.25) is 0 Å². The molecule has 134 valence electrons. The summed E-state index contributed by atoms with van der Waals surface area (Å²) in [5, 5.41) is 5.65. The first-order valence-corrected chi connectivity index (χ1v) is 8.87. The van der Waals surface area contributed by atoms with Crippen molar-refractivity contribution in [2.75, 3.05) is 18.1 Å². The Kier molecular flexibility index (Phi) is 4.97. The van der Waals surface area contributed by atoms with Crippen LogP contribution in [0.5, 0.6) is 0 Å². The Hall–Kier alpha value is -2.50. The third-order valence-corrected chi connectivity index (χ3v) is 4.82. The summed E-state index contributed by atoms with van der Waals surface area (Å²) < 4.78 is 5.23. The van der Waals surface area contributed by atoms with Crippen LogP contribution in [0.15, 0.2) is 35.5 Å². The second-order valence-electron chi connectivity index (χ2n) is 6.48. The Morgan fingerprint density at radius 3 is 2.80 bits per heavy atom. The Bertz CT molecular complexity index is 714. The minimum absolute atomic E-state index is 0.268. The maximum atomic E-state index is 12.5. The number of fused-ring (bicyclic) bond motifs is 1. The number of hydrogen-bond donors (Lipinski definition) is 2. The molecule has 2 aliphatic rings. The van der Waals surface area contributed by atoms with Crippen LogP contribution < -0.4 is 15.5 Å². The minimum Gasteiger partial charge on any atom is -0.463 e. The maximum absolute atomic E-state index is 12.5. The zero-order valence-electron chi connectivity index (χ0n) is 15.0. The highest BCUT2D eigenvalue weighted by Gasteiger charge is 2.34. The molecule has 2 amide bonds. The van der Waals surface area contributed by atoms with Crippen LogP contribution in [0.4, 0.5) is 10.5 Å². The van der Waals surface area contributed by atoms with Gasteiger partial charge in [0.1, 0.15) is 0 Å². The predicted molar refractivity (Wildman–Crippen MR) is 96.4 cm³/mol. The van der Waals surface area contributed by atoms with Crippen molar-refractivity contribution in [3.8, 4) is 0 Å². The molecule has 0 fully saturated rings. The van der Waals surface area contributed by atoms with E-state index < -0.39 is 0 Å². The number of anilines is 1. The lowest BCUT2D eigenvalue weighted by atomic mass is 9.99. The van der Waals surface area contributed by atoms with Crippen molar-refractivity contribution in [3.63, 3.8) is 0 Å². The van der Waals surface area contributed by atoms with Crippen LogP contribution in [0, 0.1) is 0 Å². The number of para-hydroxylation sites is 1. The van der Waals surface area contributed by atoms with E-state index in [0.717, 1.165) is 12.1 Å². The number of esters is 1. The largest absolute Gasteiger partial charge is 0.463 e. The fraction of sp³-hybridized carbons (Fsp3) is 0.474. The summed E-state index contributed by atoms with van der Waals surface area (Å²) in [5.41, 5.74) is 3.62. The van der Waals surface area contributed by atoms with Gasteiger partial charge in [0.15, 0.2) is 0 Å². The van der Waals surface area contributed by atoms with Gasteiger partial charge >= 0.3 is 12.0 Å². The lowest BCUT2D eigenvalue weighted by Gasteiger charge is -2.32. The van der Waals surface area contributed by atoms with Gasteiger partial charge in [0.25, 0.3) is 0 Å². The molecule has 2 aliphatic heterocycles. The summed E-state index contributed by atoms with van der Waals surface area (Å²) in [7, 11) is 0. The highest BCUT2D eigenvalue weighted by atomic mass is 16.5. The van der Waals surface area contributed by atoms with Gasteiger partial charge < -0.3 is 20.3 Å². The average Bonchev–Trinajstić information content (AvgIpc) is 2.90. The normalized spacial score (nSPS) is 22.4. The number of rotatable bonds is 5. The molecule has 0 spiro atoms. The van der Waals surface area contributed by atoms with E-state index in [1.165, 1.54) is 5.56 Å². The van der Waals surface area contributed by atoms with Crippen LogP contribution >= 0.6 is 0 Å². The van der Waals surface area contributed by atoms with Crippen LogP contribution in [0.1, 0.15) is 32.8 Å². The second-order valence-corrected chi connectivity index (χ2v) is 6.48. The van der Waals surface area contributed by atoms with Gasteiger partial charge in [-0.25, -0.2) is 9.59 Å². The highest BCUT2D eigenvalue weighted by Crippen LogP contribution is 2.33. The summed E-state index contributed by atoms with van der Waals surface area (Å²) >= 11 is 0. The first kappa shape index (κ1) is 17.3. The monoisotopic (exact) mass is 343 g/mol. The lowest BCUT2D eigenvalue weighted by molar-refractivity contribution is -0.139. The standard InChI is InChI=1S/C19H25N3O3/c1-4-14-17(18(23)25-5-2)15(21-19(24)20-14)11-22-12(3)10-13-8-6-7-9-16(13)22/h6-9,12,14H,4-5,10-11H2,1-3H3,(H2,20,21,24)/t12-,14+/m1/s1. The van der Waals surface area contributed by atoms with Gasteiger partial charge in [-0.1, -0.05) is 25.1 Å². The smallest absolute Gasteiger partial charge is 0.337 e. The van der Waals surface area contributed by atoms with Gasteiger partial charge in [0.05, 0.1) is 30.5 Å². The van der Waals surface area contributed by atoms with E-state index >= 15 is 0 Å². The van der Waals surface area contributed by atoms with Gasteiger partial charge in [0, 0.05) is 11.7 Å². The van der Waals surface area contributed by atoms with E-state index in [2.05, 4.69) is 34.6 Å². The fourth-order valence-corrected chi connectivity index (χ4v) is 3.63. The Balaban J connectivity index is 1.96. The van der Waals surface area contributed by atoms with E-state index in [1.807, 2.05) is 19.1 Å². The molecule has 2 N–H and O–H groups in total. The number of urea groups is 1. The molecule has 0 unspecified atom stereocenters. The summed E-state index contributed by atoms with van der Waals surface area (Å²) in [4.78, 5) is 26.8. The number of carbonyl (C=O) groups excluding carboxylic acids is 2. The molecule has 6 nitrogen and oxygen atoms in total. The minimum atomic E-state index is -0.364. The zero-order valence-corrected chi connectivity index (χ0v) is 15.0. The summed E-state index contributed by atoms with van der Waals surface area (Å²) in [6.07, 6.45) is 1.60. The highest BCUT2D eigenvalue weighted by molar-refractivity contribution is 5.95. The number of carbonyl (C=O) groups is 2. The van der Waals surface area contributed by atoms with Crippen LogP contribution in [-0.2, 0) is 16.0 Å². The van der Waals surface area contributed by atoms with Gasteiger partial charge in [-0.15, -0.1) is 0 Å². The SMILES string of the molecule is CCOC(=O)C1=C(CN2c3ccccc3C[C@H]2C)NC(=O)N[C@H]1CC. The van der Waals surface area contributed by atoms with Crippen molar-refractivity contribution in [1.29, 1.82) is 0 Å². The molecule has 0 aliphatic carbocycles. The van der Waals surface area contributed by atoms with Crippen LogP contribution in [0.25, 0.3) is 0 Å². The first-order valence-electron chi connectivity index (χ1n) is 8.87. The molecular formula is C19H25N3O3. The van der Waals surface area contributed by atoms with Crippen molar-refractivity contribution in [2.24, 2.45) is 0 Å². The van der Waals surface area contributed by atoms with Crippen LogP contribution in [-0.4, -0.2) is 37.2 Å². The quantitative estimate of drug-likeness (QED) is 0.805. The average molecular weight is 343 g/mol. The van der Waals surface area contributed by atoms with E-state index in [1.54, 1.807) is 6.92 Å². The molecule has 0 bridgehead atoms. The second kappa shape index (κ2) is 7.17.